The number of rotatable bonds is 6. The van der Waals surface area contributed by atoms with Crippen molar-refractivity contribution < 1.29 is 4.79 Å². The summed E-state index contributed by atoms with van der Waals surface area (Å²) in [7, 11) is 0. The summed E-state index contributed by atoms with van der Waals surface area (Å²) < 4.78 is 0. The van der Waals surface area contributed by atoms with Gasteiger partial charge in [0.2, 0.25) is 5.91 Å². The Balaban J connectivity index is 3.67. The minimum Gasteiger partial charge on any atom is -0.356 e. The molecular formula is C13H28N2O. The molecule has 0 heterocycles. The van der Waals surface area contributed by atoms with Crippen molar-refractivity contribution in [1.82, 2.24) is 5.32 Å². The number of nitrogens with two attached hydrogens (primary N) is 1. The third-order valence-electron chi connectivity index (χ3n) is 2.80. The number of amides is 1. The molecule has 0 aliphatic heterocycles. The summed E-state index contributed by atoms with van der Waals surface area (Å²) in [6, 6.07) is -0.0717. The molecule has 3 nitrogen and oxygen atoms in total. The second-order valence-corrected chi connectivity index (χ2v) is 6.06. The van der Waals surface area contributed by atoms with E-state index in [0.29, 0.717) is 12.3 Å². The van der Waals surface area contributed by atoms with Gasteiger partial charge in [0.15, 0.2) is 0 Å². The third kappa shape index (κ3) is 7.69. The highest BCUT2D eigenvalue weighted by atomic mass is 16.1. The molecule has 0 saturated carbocycles. The van der Waals surface area contributed by atoms with Gasteiger partial charge in [-0.15, -0.1) is 0 Å². The summed E-state index contributed by atoms with van der Waals surface area (Å²) >= 11 is 0. The van der Waals surface area contributed by atoms with Gasteiger partial charge in [-0.05, 0) is 24.2 Å². The van der Waals surface area contributed by atoms with Crippen molar-refractivity contribution in [2.75, 3.05) is 6.54 Å². The summed E-state index contributed by atoms with van der Waals surface area (Å²) in [5.41, 5.74) is 5.94. The summed E-state index contributed by atoms with van der Waals surface area (Å²) in [6.07, 6.45) is 2.63. The van der Waals surface area contributed by atoms with Gasteiger partial charge in [0.25, 0.3) is 0 Å². The highest BCUT2D eigenvalue weighted by Crippen LogP contribution is 2.19. The molecule has 1 atom stereocenters. The lowest BCUT2D eigenvalue weighted by Crippen LogP contribution is -2.40. The molecule has 0 aliphatic carbocycles. The van der Waals surface area contributed by atoms with E-state index in [0.717, 1.165) is 19.4 Å². The van der Waals surface area contributed by atoms with Gasteiger partial charge in [-0.3, -0.25) is 4.79 Å². The largest absolute Gasteiger partial charge is 0.356 e. The molecular weight excluding hydrogens is 200 g/mol. The number of hydrogen-bond donors (Lipinski definition) is 2. The molecule has 0 saturated heterocycles. The van der Waals surface area contributed by atoms with Crippen molar-refractivity contribution in [1.29, 1.82) is 0 Å². The molecule has 0 bridgehead atoms. The highest BCUT2D eigenvalue weighted by molar-refractivity contribution is 5.76. The fourth-order valence-electron chi connectivity index (χ4n) is 1.32. The quantitative estimate of drug-likeness (QED) is 0.685. The Hall–Kier alpha value is -0.570. The number of hydrogen-bond acceptors (Lipinski definition) is 2. The Morgan fingerprint density at radius 1 is 1.31 bits per heavy atom. The van der Waals surface area contributed by atoms with Crippen molar-refractivity contribution in [3.8, 4) is 0 Å². The van der Waals surface area contributed by atoms with Crippen LogP contribution >= 0.6 is 0 Å². The molecule has 3 N–H and O–H groups in total. The average Bonchev–Trinajstić information content (AvgIpc) is 2.10. The van der Waals surface area contributed by atoms with Crippen LogP contribution < -0.4 is 11.1 Å². The second-order valence-electron chi connectivity index (χ2n) is 6.06. The van der Waals surface area contributed by atoms with E-state index in [4.69, 9.17) is 5.73 Å². The van der Waals surface area contributed by atoms with Gasteiger partial charge in [0.05, 0.1) is 0 Å². The van der Waals surface area contributed by atoms with E-state index in [-0.39, 0.29) is 17.4 Å². The fourth-order valence-corrected chi connectivity index (χ4v) is 1.32. The molecule has 0 radical (unpaired) electrons. The highest BCUT2D eigenvalue weighted by Gasteiger charge is 2.22. The zero-order valence-electron chi connectivity index (χ0n) is 11.5. The fraction of sp³-hybridized carbons (Fsp3) is 0.923. The molecule has 0 spiro atoms. The topological polar surface area (TPSA) is 55.1 Å². The molecule has 0 aromatic rings. The first kappa shape index (κ1) is 15.4. The number of nitrogens with one attached hydrogen (secondary N) is 1. The van der Waals surface area contributed by atoms with Crippen LogP contribution in [0.15, 0.2) is 0 Å². The van der Waals surface area contributed by atoms with Crippen molar-refractivity contribution in [3.05, 3.63) is 0 Å². The van der Waals surface area contributed by atoms with E-state index in [1.165, 1.54) is 0 Å². The molecule has 1 unspecified atom stereocenters. The normalized spacial score (nSPS) is 13.9. The van der Waals surface area contributed by atoms with Gasteiger partial charge < -0.3 is 11.1 Å². The zero-order valence-corrected chi connectivity index (χ0v) is 11.5. The van der Waals surface area contributed by atoms with Crippen LogP contribution in [0.25, 0.3) is 0 Å². The van der Waals surface area contributed by atoms with Gasteiger partial charge in [0, 0.05) is 19.0 Å². The SMILES string of the molecule is CC(C)CCCNC(=O)CC(N)C(C)(C)C. The van der Waals surface area contributed by atoms with Crippen molar-refractivity contribution >= 4 is 5.91 Å². The summed E-state index contributed by atoms with van der Waals surface area (Å²) in [5.74, 6) is 0.778. The maximum Gasteiger partial charge on any atom is 0.221 e. The molecule has 96 valence electrons. The molecule has 0 rings (SSSR count). The van der Waals surface area contributed by atoms with E-state index < -0.39 is 0 Å². The Morgan fingerprint density at radius 3 is 2.31 bits per heavy atom. The Labute approximate surface area is 100 Å². The maximum absolute atomic E-state index is 11.6. The van der Waals surface area contributed by atoms with Gasteiger partial charge in [-0.25, -0.2) is 0 Å². The van der Waals surface area contributed by atoms with Crippen LogP contribution in [-0.2, 0) is 4.79 Å². The van der Waals surface area contributed by atoms with Crippen LogP contribution in [0.4, 0.5) is 0 Å². The van der Waals surface area contributed by atoms with Crippen LogP contribution in [0.2, 0.25) is 0 Å². The van der Waals surface area contributed by atoms with Gasteiger partial charge in [-0.1, -0.05) is 34.6 Å². The predicted molar refractivity (Wildman–Crippen MR) is 69.1 cm³/mol. The lowest BCUT2D eigenvalue weighted by molar-refractivity contribution is -0.121. The number of carbonyl (C=O) groups excluding carboxylic acids is 1. The maximum atomic E-state index is 11.6. The summed E-state index contributed by atoms with van der Waals surface area (Å²) in [4.78, 5) is 11.6. The molecule has 1 amide bonds. The lowest BCUT2D eigenvalue weighted by Gasteiger charge is -2.26. The number of carbonyl (C=O) groups is 1. The molecule has 0 fully saturated rings. The van der Waals surface area contributed by atoms with Crippen molar-refractivity contribution in [3.63, 3.8) is 0 Å². The predicted octanol–water partition coefficient (Wildman–Crippen LogP) is 2.30. The van der Waals surface area contributed by atoms with Crippen LogP contribution in [0, 0.1) is 11.3 Å². The van der Waals surface area contributed by atoms with E-state index in [9.17, 15) is 4.79 Å². The molecule has 0 aromatic heterocycles. The Morgan fingerprint density at radius 2 is 1.88 bits per heavy atom. The van der Waals surface area contributed by atoms with Crippen molar-refractivity contribution in [2.24, 2.45) is 17.1 Å². The first-order valence-electron chi connectivity index (χ1n) is 6.25. The van der Waals surface area contributed by atoms with Crippen LogP contribution in [0.3, 0.4) is 0 Å². The molecule has 0 aromatic carbocycles. The van der Waals surface area contributed by atoms with E-state index in [1.54, 1.807) is 0 Å². The van der Waals surface area contributed by atoms with E-state index in [1.807, 2.05) is 0 Å². The monoisotopic (exact) mass is 228 g/mol. The standard InChI is InChI=1S/C13H28N2O/c1-10(2)7-6-8-15-12(16)9-11(14)13(3,4)5/h10-11H,6-9,14H2,1-5H3,(H,15,16). The van der Waals surface area contributed by atoms with Crippen molar-refractivity contribution in [2.45, 2.75) is 59.9 Å². The zero-order chi connectivity index (χ0) is 12.8. The second kappa shape index (κ2) is 6.89. The molecule has 16 heavy (non-hydrogen) atoms. The van der Waals surface area contributed by atoms with Crippen LogP contribution in [0.5, 0.6) is 0 Å². The molecule has 0 aliphatic rings. The lowest BCUT2D eigenvalue weighted by atomic mass is 9.85. The van der Waals surface area contributed by atoms with Gasteiger partial charge >= 0.3 is 0 Å². The Bertz CT molecular complexity index is 206. The minimum atomic E-state index is -0.0717. The Kier molecular flexibility index (Phi) is 6.65. The van der Waals surface area contributed by atoms with Gasteiger partial charge in [-0.2, -0.15) is 0 Å². The smallest absolute Gasteiger partial charge is 0.221 e. The van der Waals surface area contributed by atoms with Gasteiger partial charge in [0.1, 0.15) is 0 Å². The molecule has 3 heteroatoms. The minimum absolute atomic E-state index is 0.00469. The van der Waals surface area contributed by atoms with Crippen LogP contribution in [-0.4, -0.2) is 18.5 Å². The summed E-state index contributed by atoms with van der Waals surface area (Å²) in [5, 5.41) is 2.92. The summed E-state index contributed by atoms with van der Waals surface area (Å²) in [6.45, 7) is 11.3. The van der Waals surface area contributed by atoms with E-state index in [2.05, 4.69) is 39.9 Å². The van der Waals surface area contributed by atoms with Crippen LogP contribution in [0.1, 0.15) is 53.9 Å². The van der Waals surface area contributed by atoms with E-state index >= 15 is 0 Å². The first-order chi connectivity index (χ1) is 7.23. The first-order valence-corrected chi connectivity index (χ1v) is 6.25. The third-order valence-corrected chi connectivity index (χ3v) is 2.80. The average molecular weight is 228 g/mol.